The van der Waals surface area contributed by atoms with Gasteiger partial charge >= 0.3 is 0 Å². The number of aromatic nitrogens is 2. The van der Waals surface area contributed by atoms with Crippen molar-refractivity contribution in [2.45, 2.75) is 19.5 Å². The van der Waals surface area contributed by atoms with E-state index in [0.29, 0.717) is 5.88 Å². The van der Waals surface area contributed by atoms with Crippen LogP contribution >= 0.6 is 0 Å². The zero-order valence-electron chi connectivity index (χ0n) is 14.6. The summed E-state index contributed by atoms with van der Waals surface area (Å²) < 4.78 is 10.9. The van der Waals surface area contributed by atoms with Crippen LogP contribution in [-0.4, -0.2) is 54.8 Å². The van der Waals surface area contributed by atoms with Crippen LogP contribution in [0.3, 0.4) is 0 Å². The van der Waals surface area contributed by atoms with Crippen molar-refractivity contribution in [3.8, 4) is 5.88 Å². The molecular formula is C19H24N4O2. The lowest BCUT2D eigenvalue weighted by atomic mass is 10.0. The van der Waals surface area contributed by atoms with Crippen LogP contribution in [0.25, 0.3) is 0 Å². The van der Waals surface area contributed by atoms with Gasteiger partial charge in [0, 0.05) is 50.4 Å². The summed E-state index contributed by atoms with van der Waals surface area (Å²) >= 11 is 0. The normalized spacial score (nSPS) is 18.0. The SMILES string of the molecule is COc1ncnc2c1CN(Cc1ccccc1N1CCOCC1)CC2. The highest BCUT2D eigenvalue weighted by Crippen LogP contribution is 2.28. The summed E-state index contributed by atoms with van der Waals surface area (Å²) in [6.07, 6.45) is 2.54. The third-order valence-electron chi connectivity index (χ3n) is 4.97. The van der Waals surface area contributed by atoms with Crippen LogP contribution in [-0.2, 0) is 24.2 Å². The Bertz CT molecular complexity index is 717. The zero-order chi connectivity index (χ0) is 17.1. The van der Waals surface area contributed by atoms with E-state index in [4.69, 9.17) is 9.47 Å². The predicted octanol–water partition coefficient (Wildman–Crippen LogP) is 1.88. The van der Waals surface area contributed by atoms with E-state index < -0.39 is 0 Å². The topological polar surface area (TPSA) is 50.7 Å². The molecule has 2 aliphatic heterocycles. The van der Waals surface area contributed by atoms with E-state index in [1.54, 1.807) is 13.4 Å². The Hall–Kier alpha value is -2.18. The minimum Gasteiger partial charge on any atom is -0.481 e. The molecule has 1 aromatic carbocycles. The molecule has 6 heteroatoms. The van der Waals surface area contributed by atoms with Gasteiger partial charge in [0.1, 0.15) is 6.33 Å². The summed E-state index contributed by atoms with van der Waals surface area (Å²) in [5, 5.41) is 0. The van der Waals surface area contributed by atoms with E-state index >= 15 is 0 Å². The van der Waals surface area contributed by atoms with E-state index in [1.165, 1.54) is 11.3 Å². The Kier molecular flexibility index (Phi) is 4.81. The fourth-order valence-electron chi connectivity index (χ4n) is 3.68. The molecule has 1 fully saturated rings. The van der Waals surface area contributed by atoms with Gasteiger partial charge in [-0.3, -0.25) is 4.90 Å². The van der Waals surface area contributed by atoms with Gasteiger partial charge in [-0.05, 0) is 11.6 Å². The highest BCUT2D eigenvalue weighted by atomic mass is 16.5. The number of methoxy groups -OCH3 is 1. The summed E-state index contributed by atoms with van der Waals surface area (Å²) in [6.45, 7) is 6.29. The molecule has 4 rings (SSSR count). The lowest BCUT2D eigenvalue weighted by Gasteiger charge is -2.33. The number of ether oxygens (including phenoxy) is 2. The Morgan fingerprint density at radius 3 is 2.80 bits per heavy atom. The van der Waals surface area contributed by atoms with Crippen LogP contribution in [0.15, 0.2) is 30.6 Å². The van der Waals surface area contributed by atoms with E-state index in [1.807, 2.05) is 0 Å². The van der Waals surface area contributed by atoms with Crippen molar-refractivity contribution in [3.05, 3.63) is 47.4 Å². The van der Waals surface area contributed by atoms with Gasteiger partial charge in [-0.15, -0.1) is 0 Å². The monoisotopic (exact) mass is 340 g/mol. The number of hydrogen-bond donors (Lipinski definition) is 0. The van der Waals surface area contributed by atoms with Crippen LogP contribution in [0.4, 0.5) is 5.69 Å². The van der Waals surface area contributed by atoms with Gasteiger partial charge in [0.25, 0.3) is 0 Å². The van der Waals surface area contributed by atoms with E-state index in [-0.39, 0.29) is 0 Å². The minimum atomic E-state index is 0.705. The van der Waals surface area contributed by atoms with Gasteiger partial charge in [-0.1, -0.05) is 18.2 Å². The second-order valence-corrected chi connectivity index (χ2v) is 6.50. The average molecular weight is 340 g/mol. The third-order valence-corrected chi connectivity index (χ3v) is 4.97. The molecule has 0 N–H and O–H groups in total. The number of rotatable bonds is 4. The maximum Gasteiger partial charge on any atom is 0.220 e. The molecule has 2 aliphatic rings. The molecular weight excluding hydrogens is 316 g/mol. The standard InChI is InChI=1S/C19H24N4O2/c1-24-19-16-13-22(7-6-17(16)20-14-21-19)12-15-4-2-3-5-18(15)23-8-10-25-11-9-23/h2-5,14H,6-13H2,1H3. The number of hydrogen-bond acceptors (Lipinski definition) is 6. The Morgan fingerprint density at radius 1 is 1.12 bits per heavy atom. The summed E-state index contributed by atoms with van der Waals surface area (Å²) in [5.74, 6) is 0.705. The molecule has 0 atom stereocenters. The second kappa shape index (κ2) is 7.37. The van der Waals surface area contributed by atoms with Crippen molar-refractivity contribution in [1.29, 1.82) is 0 Å². The van der Waals surface area contributed by atoms with Gasteiger partial charge in [-0.25, -0.2) is 9.97 Å². The lowest BCUT2D eigenvalue weighted by molar-refractivity contribution is 0.122. The second-order valence-electron chi connectivity index (χ2n) is 6.50. The van der Waals surface area contributed by atoms with Gasteiger partial charge < -0.3 is 14.4 Å². The number of nitrogens with zero attached hydrogens (tertiary/aromatic N) is 4. The van der Waals surface area contributed by atoms with E-state index in [9.17, 15) is 0 Å². The Labute approximate surface area is 148 Å². The molecule has 1 saturated heterocycles. The summed E-state index contributed by atoms with van der Waals surface area (Å²) in [7, 11) is 1.68. The number of para-hydroxylation sites is 1. The van der Waals surface area contributed by atoms with Crippen LogP contribution in [0.2, 0.25) is 0 Å². The van der Waals surface area contributed by atoms with Gasteiger partial charge in [-0.2, -0.15) is 0 Å². The number of anilines is 1. The highest BCUT2D eigenvalue weighted by Gasteiger charge is 2.23. The molecule has 0 spiro atoms. The quantitative estimate of drug-likeness (QED) is 0.847. The number of morpholine rings is 1. The van der Waals surface area contributed by atoms with Crippen LogP contribution in [0.1, 0.15) is 16.8 Å². The van der Waals surface area contributed by atoms with E-state index in [2.05, 4.69) is 44.0 Å². The molecule has 3 heterocycles. The predicted molar refractivity (Wildman–Crippen MR) is 95.9 cm³/mol. The first-order valence-corrected chi connectivity index (χ1v) is 8.85. The maximum atomic E-state index is 5.50. The first kappa shape index (κ1) is 16.3. The molecule has 0 radical (unpaired) electrons. The van der Waals surface area contributed by atoms with Crippen molar-refractivity contribution in [3.63, 3.8) is 0 Å². The molecule has 1 aromatic heterocycles. The Balaban J connectivity index is 1.53. The first-order valence-electron chi connectivity index (χ1n) is 8.85. The minimum absolute atomic E-state index is 0.705. The molecule has 132 valence electrons. The molecule has 25 heavy (non-hydrogen) atoms. The fourth-order valence-corrected chi connectivity index (χ4v) is 3.68. The number of benzene rings is 1. The summed E-state index contributed by atoms with van der Waals surface area (Å²) in [4.78, 5) is 13.6. The molecule has 0 aliphatic carbocycles. The van der Waals surface area contributed by atoms with Crippen molar-refractivity contribution in [2.24, 2.45) is 0 Å². The highest BCUT2D eigenvalue weighted by molar-refractivity contribution is 5.54. The van der Waals surface area contributed by atoms with Gasteiger partial charge in [0.2, 0.25) is 5.88 Å². The first-order chi connectivity index (χ1) is 12.3. The smallest absolute Gasteiger partial charge is 0.220 e. The van der Waals surface area contributed by atoms with Crippen molar-refractivity contribution >= 4 is 5.69 Å². The molecule has 0 saturated carbocycles. The van der Waals surface area contributed by atoms with Gasteiger partial charge in [0.15, 0.2) is 0 Å². The number of fused-ring (bicyclic) bond motifs is 1. The zero-order valence-corrected chi connectivity index (χ0v) is 14.6. The van der Waals surface area contributed by atoms with Crippen molar-refractivity contribution < 1.29 is 9.47 Å². The Morgan fingerprint density at radius 2 is 1.96 bits per heavy atom. The van der Waals surface area contributed by atoms with Crippen LogP contribution in [0, 0.1) is 0 Å². The largest absolute Gasteiger partial charge is 0.481 e. The molecule has 0 bridgehead atoms. The maximum absolute atomic E-state index is 5.50. The summed E-state index contributed by atoms with van der Waals surface area (Å²) in [5.41, 5.74) is 4.93. The van der Waals surface area contributed by atoms with Crippen molar-refractivity contribution in [2.75, 3.05) is 44.9 Å². The molecule has 2 aromatic rings. The van der Waals surface area contributed by atoms with E-state index in [0.717, 1.165) is 63.6 Å². The van der Waals surface area contributed by atoms with Gasteiger partial charge in [0.05, 0.1) is 26.0 Å². The third kappa shape index (κ3) is 3.45. The summed E-state index contributed by atoms with van der Waals surface area (Å²) in [6, 6.07) is 8.71. The molecule has 6 nitrogen and oxygen atoms in total. The molecule has 0 unspecified atom stereocenters. The molecule has 0 amide bonds. The van der Waals surface area contributed by atoms with Crippen LogP contribution in [0.5, 0.6) is 5.88 Å². The van der Waals surface area contributed by atoms with Crippen molar-refractivity contribution in [1.82, 2.24) is 14.9 Å². The average Bonchev–Trinajstić information content (AvgIpc) is 2.68. The lowest BCUT2D eigenvalue weighted by Crippen LogP contribution is -2.37. The fraction of sp³-hybridized carbons (Fsp3) is 0.474. The van der Waals surface area contributed by atoms with Crippen LogP contribution < -0.4 is 9.64 Å².